The molecular formula is C5H7N. The maximum Gasteiger partial charge on any atom is 0.0567 e. The van der Waals surface area contributed by atoms with Gasteiger partial charge in [-0.15, -0.1) is 0 Å². The molecule has 0 aliphatic carbocycles. The summed E-state index contributed by atoms with van der Waals surface area (Å²) >= 11 is 0. The molecule has 0 bridgehead atoms. The van der Waals surface area contributed by atoms with Gasteiger partial charge >= 0.3 is 0 Å². The van der Waals surface area contributed by atoms with Crippen LogP contribution in [0, 0.1) is 0 Å². The van der Waals surface area contributed by atoms with Gasteiger partial charge in [0.1, 0.15) is 0 Å². The molecule has 1 rings (SSSR count). The third-order valence-corrected chi connectivity index (χ3v) is 0.748. The van der Waals surface area contributed by atoms with Gasteiger partial charge in [0.2, 0.25) is 0 Å². The fourth-order valence-corrected chi connectivity index (χ4v) is 0.282. The highest BCUT2D eigenvalue weighted by Crippen LogP contribution is 2.09. The minimum Gasteiger partial charge on any atom is -0.358 e. The van der Waals surface area contributed by atoms with Gasteiger partial charge < -0.3 is 5.32 Å². The number of hydrogen-bond acceptors (Lipinski definition) is 1. The SMILES string of the molecule is C=C(C)C1=CN1. The van der Waals surface area contributed by atoms with E-state index in [2.05, 4.69) is 11.9 Å². The molecule has 1 heterocycles. The van der Waals surface area contributed by atoms with E-state index in [1.165, 1.54) is 5.70 Å². The Morgan fingerprint density at radius 3 is 2.50 bits per heavy atom. The lowest BCUT2D eigenvalue weighted by molar-refractivity contribution is 1.30. The molecule has 0 saturated carbocycles. The molecule has 0 radical (unpaired) electrons. The van der Waals surface area contributed by atoms with Crippen LogP contribution in [0.5, 0.6) is 0 Å². The van der Waals surface area contributed by atoms with Gasteiger partial charge in [-0.3, -0.25) is 0 Å². The van der Waals surface area contributed by atoms with E-state index in [0.29, 0.717) is 0 Å². The number of nitrogens with one attached hydrogen (secondary N) is 1. The topological polar surface area (TPSA) is 21.9 Å². The van der Waals surface area contributed by atoms with Crippen molar-refractivity contribution in [2.75, 3.05) is 0 Å². The third kappa shape index (κ3) is 0.432. The Bertz CT molecular complexity index is 111. The first-order valence-corrected chi connectivity index (χ1v) is 1.93. The first-order chi connectivity index (χ1) is 2.80. The van der Waals surface area contributed by atoms with Crippen molar-refractivity contribution in [3.05, 3.63) is 24.0 Å². The van der Waals surface area contributed by atoms with E-state index >= 15 is 0 Å². The van der Waals surface area contributed by atoms with Gasteiger partial charge in [-0.2, -0.15) is 0 Å². The predicted molar refractivity (Wildman–Crippen MR) is 26.0 cm³/mol. The van der Waals surface area contributed by atoms with Gasteiger partial charge in [-0.1, -0.05) is 6.58 Å². The Hall–Kier alpha value is -0.720. The van der Waals surface area contributed by atoms with Crippen molar-refractivity contribution in [3.8, 4) is 0 Å². The molecule has 1 heteroatoms. The quantitative estimate of drug-likeness (QED) is 0.500. The standard InChI is InChI=1S/C5H7N/c1-4(2)5-3-6-5/h3,6H,1H2,2H3. The molecule has 0 aromatic carbocycles. The summed E-state index contributed by atoms with van der Waals surface area (Å²) < 4.78 is 0. The normalized spacial score (nSPS) is 15.2. The minimum atomic E-state index is 1.12. The van der Waals surface area contributed by atoms with Crippen molar-refractivity contribution >= 4 is 0 Å². The second-order valence-corrected chi connectivity index (χ2v) is 1.48. The smallest absolute Gasteiger partial charge is 0.0567 e. The summed E-state index contributed by atoms with van der Waals surface area (Å²) in [6.45, 7) is 5.66. The van der Waals surface area contributed by atoms with Crippen LogP contribution in [0.3, 0.4) is 0 Å². The molecule has 0 amide bonds. The van der Waals surface area contributed by atoms with E-state index in [0.717, 1.165) is 5.57 Å². The van der Waals surface area contributed by atoms with Crippen LogP contribution in [0.25, 0.3) is 0 Å². The van der Waals surface area contributed by atoms with E-state index in [4.69, 9.17) is 0 Å². The van der Waals surface area contributed by atoms with Gasteiger partial charge in [-0.25, -0.2) is 0 Å². The molecule has 0 spiro atoms. The zero-order valence-electron chi connectivity index (χ0n) is 3.78. The summed E-state index contributed by atoms with van der Waals surface area (Å²) in [5, 5.41) is 2.93. The number of rotatable bonds is 1. The van der Waals surface area contributed by atoms with Crippen LogP contribution < -0.4 is 5.32 Å². The van der Waals surface area contributed by atoms with E-state index in [-0.39, 0.29) is 0 Å². The van der Waals surface area contributed by atoms with Crippen LogP contribution >= 0.6 is 0 Å². The molecule has 1 aliphatic rings. The Labute approximate surface area is 37.4 Å². The highest BCUT2D eigenvalue weighted by atomic mass is 15.0. The maximum absolute atomic E-state index is 3.69. The van der Waals surface area contributed by atoms with E-state index in [1.54, 1.807) is 0 Å². The second-order valence-electron chi connectivity index (χ2n) is 1.48. The average Bonchev–Trinajstić information content (AvgIpc) is 2.06. The molecule has 6 heavy (non-hydrogen) atoms. The third-order valence-electron chi connectivity index (χ3n) is 0.748. The van der Waals surface area contributed by atoms with Crippen molar-refractivity contribution in [1.29, 1.82) is 0 Å². The Morgan fingerprint density at radius 1 is 2.00 bits per heavy atom. The van der Waals surface area contributed by atoms with Gasteiger partial charge in [0.15, 0.2) is 0 Å². The molecule has 32 valence electrons. The van der Waals surface area contributed by atoms with Crippen LogP contribution in [0.1, 0.15) is 6.92 Å². The zero-order valence-corrected chi connectivity index (χ0v) is 3.78. The molecule has 0 saturated heterocycles. The van der Waals surface area contributed by atoms with Crippen molar-refractivity contribution in [3.63, 3.8) is 0 Å². The number of allylic oxidation sites excluding steroid dienone is 1. The molecule has 0 unspecified atom stereocenters. The lowest BCUT2D eigenvalue weighted by atomic mass is 10.3. The molecule has 1 aliphatic heterocycles. The first-order valence-electron chi connectivity index (χ1n) is 1.93. The lowest BCUT2D eigenvalue weighted by Gasteiger charge is -1.78. The Kier molecular flexibility index (Phi) is 0.502. The van der Waals surface area contributed by atoms with Crippen LogP contribution in [-0.4, -0.2) is 0 Å². The summed E-state index contributed by atoms with van der Waals surface area (Å²) in [6, 6.07) is 0. The summed E-state index contributed by atoms with van der Waals surface area (Å²) in [5.41, 5.74) is 2.31. The summed E-state index contributed by atoms with van der Waals surface area (Å²) in [7, 11) is 0. The predicted octanol–water partition coefficient (Wildman–Crippen LogP) is 1.01. The molecule has 1 nitrogen and oxygen atoms in total. The molecule has 1 N–H and O–H groups in total. The summed E-state index contributed by atoms with van der Waals surface area (Å²) in [5.74, 6) is 0. The van der Waals surface area contributed by atoms with E-state index < -0.39 is 0 Å². The van der Waals surface area contributed by atoms with Crippen LogP contribution in [-0.2, 0) is 0 Å². The lowest BCUT2D eigenvalue weighted by Crippen LogP contribution is -1.76. The second kappa shape index (κ2) is 0.869. The summed E-state index contributed by atoms with van der Waals surface area (Å²) in [4.78, 5) is 0. The molecule has 0 atom stereocenters. The van der Waals surface area contributed by atoms with Crippen LogP contribution in [0.15, 0.2) is 24.0 Å². The van der Waals surface area contributed by atoms with Crippen molar-refractivity contribution in [2.24, 2.45) is 0 Å². The van der Waals surface area contributed by atoms with Crippen molar-refractivity contribution < 1.29 is 0 Å². The fourth-order valence-electron chi connectivity index (χ4n) is 0.282. The molecule has 0 fully saturated rings. The van der Waals surface area contributed by atoms with Gasteiger partial charge in [0, 0.05) is 6.20 Å². The highest BCUT2D eigenvalue weighted by Gasteiger charge is 2.03. The van der Waals surface area contributed by atoms with Crippen molar-refractivity contribution in [1.82, 2.24) is 5.32 Å². The highest BCUT2D eigenvalue weighted by molar-refractivity contribution is 5.35. The largest absolute Gasteiger partial charge is 0.358 e. The van der Waals surface area contributed by atoms with Gasteiger partial charge in [0.05, 0.1) is 5.70 Å². The monoisotopic (exact) mass is 81.1 g/mol. The number of hydrogen-bond donors (Lipinski definition) is 1. The van der Waals surface area contributed by atoms with Gasteiger partial charge in [-0.05, 0) is 12.5 Å². The molecule has 0 aromatic heterocycles. The fraction of sp³-hybridized carbons (Fsp3) is 0.200. The van der Waals surface area contributed by atoms with Crippen molar-refractivity contribution in [2.45, 2.75) is 6.92 Å². The Balaban J connectivity index is 2.52. The average molecular weight is 81.1 g/mol. The summed E-state index contributed by atoms with van der Waals surface area (Å²) in [6.07, 6.45) is 1.93. The molecular weight excluding hydrogens is 74.1 g/mol. The van der Waals surface area contributed by atoms with Gasteiger partial charge in [0.25, 0.3) is 0 Å². The molecule has 0 aromatic rings. The van der Waals surface area contributed by atoms with E-state index in [9.17, 15) is 0 Å². The first kappa shape index (κ1) is 3.47. The Morgan fingerprint density at radius 2 is 2.50 bits per heavy atom. The maximum atomic E-state index is 3.69. The van der Waals surface area contributed by atoms with E-state index in [1.807, 2.05) is 13.1 Å². The van der Waals surface area contributed by atoms with Crippen LogP contribution in [0.4, 0.5) is 0 Å². The van der Waals surface area contributed by atoms with Crippen LogP contribution in [0.2, 0.25) is 0 Å². The minimum absolute atomic E-state index is 1.12. The zero-order chi connectivity index (χ0) is 4.57.